The lowest BCUT2D eigenvalue weighted by Gasteiger charge is -2.55. The lowest BCUT2D eigenvalue weighted by Crippen LogP contribution is -2.64. The van der Waals surface area contributed by atoms with Crippen LogP contribution in [0, 0.1) is 13.8 Å². The molecule has 0 spiro atoms. The molecule has 2 unspecified atom stereocenters. The lowest BCUT2D eigenvalue weighted by atomic mass is 9.77. The second-order valence-corrected chi connectivity index (χ2v) is 10.9. The second-order valence-electron chi connectivity index (χ2n) is 9.98. The first-order valence-corrected chi connectivity index (χ1v) is 11.9. The van der Waals surface area contributed by atoms with Gasteiger partial charge in [0.15, 0.2) is 0 Å². The molecule has 3 heterocycles. The largest absolute Gasteiger partial charge is 0.444 e. The highest BCUT2D eigenvalue weighted by Crippen LogP contribution is 2.39. The van der Waals surface area contributed by atoms with E-state index >= 15 is 0 Å². The maximum atomic E-state index is 12.7. The zero-order valence-corrected chi connectivity index (χ0v) is 20.9. The molecule has 2 N–H and O–H groups in total. The average Bonchev–Trinajstić information content (AvgIpc) is 2.69. The molecular formula is C24H31BrN4O3. The van der Waals surface area contributed by atoms with E-state index in [9.17, 15) is 9.59 Å². The summed E-state index contributed by atoms with van der Waals surface area (Å²) in [5, 5.41) is 3.01. The van der Waals surface area contributed by atoms with Gasteiger partial charge in [0.1, 0.15) is 11.4 Å². The van der Waals surface area contributed by atoms with Gasteiger partial charge in [0.2, 0.25) is 0 Å². The number of halogens is 1. The quantitative estimate of drug-likeness (QED) is 0.644. The molecule has 0 aliphatic carbocycles. The third-order valence-corrected chi connectivity index (χ3v) is 6.80. The number of piperidine rings is 1. The first-order valence-electron chi connectivity index (χ1n) is 11.1. The molecule has 2 aliphatic rings. The summed E-state index contributed by atoms with van der Waals surface area (Å²) in [5.74, 6) is 0.684. The number of hydrogen-bond donors (Lipinski definition) is 2. The number of carbonyl (C=O) groups is 1. The van der Waals surface area contributed by atoms with Crippen molar-refractivity contribution in [3.63, 3.8) is 0 Å². The van der Waals surface area contributed by atoms with Crippen molar-refractivity contribution < 1.29 is 9.53 Å². The maximum Gasteiger partial charge on any atom is 0.407 e. The van der Waals surface area contributed by atoms with E-state index in [1.807, 2.05) is 52.8 Å². The molecule has 0 radical (unpaired) electrons. The van der Waals surface area contributed by atoms with Crippen molar-refractivity contribution in [1.29, 1.82) is 0 Å². The van der Waals surface area contributed by atoms with Gasteiger partial charge in [-0.15, -0.1) is 0 Å². The molecule has 2 aliphatic heterocycles. The van der Waals surface area contributed by atoms with Crippen molar-refractivity contribution in [3.05, 3.63) is 50.0 Å². The van der Waals surface area contributed by atoms with Crippen molar-refractivity contribution in [2.24, 2.45) is 0 Å². The number of ether oxygens (including phenoxy) is 1. The Morgan fingerprint density at radius 1 is 1.25 bits per heavy atom. The van der Waals surface area contributed by atoms with Gasteiger partial charge in [-0.25, -0.2) is 9.78 Å². The Morgan fingerprint density at radius 2 is 1.94 bits per heavy atom. The normalized spacial score (nSPS) is 22.9. The molecule has 2 aromatic rings. The highest BCUT2D eigenvalue weighted by Gasteiger charge is 2.46. The lowest BCUT2D eigenvalue weighted by molar-refractivity contribution is -0.0505. The van der Waals surface area contributed by atoms with Gasteiger partial charge in [0, 0.05) is 33.7 Å². The number of fused-ring (bicyclic) bond motifs is 2. The summed E-state index contributed by atoms with van der Waals surface area (Å²) in [4.78, 5) is 35.0. The predicted octanol–water partition coefficient (Wildman–Crippen LogP) is 4.45. The van der Waals surface area contributed by atoms with Crippen LogP contribution >= 0.6 is 15.9 Å². The third kappa shape index (κ3) is 4.91. The number of aromatic amines is 1. The predicted molar refractivity (Wildman–Crippen MR) is 128 cm³/mol. The number of alkyl carbamates (subject to hydrolysis) is 1. The smallest absolute Gasteiger partial charge is 0.407 e. The number of amides is 1. The van der Waals surface area contributed by atoms with Crippen molar-refractivity contribution in [2.75, 3.05) is 0 Å². The first kappa shape index (κ1) is 23.0. The van der Waals surface area contributed by atoms with E-state index in [1.54, 1.807) is 0 Å². The molecule has 2 bridgehead atoms. The fourth-order valence-electron chi connectivity index (χ4n) is 4.75. The maximum absolute atomic E-state index is 12.7. The van der Waals surface area contributed by atoms with Crippen LogP contribution in [0.2, 0.25) is 0 Å². The van der Waals surface area contributed by atoms with Crippen molar-refractivity contribution in [1.82, 2.24) is 20.2 Å². The van der Waals surface area contributed by atoms with Gasteiger partial charge in [0.25, 0.3) is 5.56 Å². The molecule has 0 saturated carbocycles. The summed E-state index contributed by atoms with van der Waals surface area (Å²) in [6.07, 6.45) is 2.52. The Bertz CT molecular complexity index is 1080. The third-order valence-electron chi connectivity index (χ3n) is 6.30. The van der Waals surface area contributed by atoms with Crippen LogP contribution < -0.4 is 10.9 Å². The molecule has 2 fully saturated rings. The summed E-state index contributed by atoms with van der Waals surface area (Å²) >= 11 is 3.53. The van der Waals surface area contributed by atoms with Crippen LogP contribution in [0.3, 0.4) is 0 Å². The van der Waals surface area contributed by atoms with E-state index in [-0.39, 0.29) is 17.7 Å². The molecule has 32 heavy (non-hydrogen) atoms. The van der Waals surface area contributed by atoms with Crippen LogP contribution in [0.4, 0.5) is 4.79 Å². The van der Waals surface area contributed by atoms with Crippen molar-refractivity contribution in [3.8, 4) is 11.3 Å². The fourth-order valence-corrected chi connectivity index (χ4v) is 5.11. The molecule has 7 nitrogen and oxygen atoms in total. The zero-order chi connectivity index (χ0) is 23.2. The Hall–Kier alpha value is -2.19. The Balaban J connectivity index is 1.46. The summed E-state index contributed by atoms with van der Waals surface area (Å²) in [6.45, 7) is 10.0. The van der Waals surface area contributed by atoms with Gasteiger partial charge in [-0.3, -0.25) is 9.69 Å². The van der Waals surface area contributed by atoms with Crippen LogP contribution in [-0.2, 0) is 11.3 Å². The van der Waals surface area contributed by atoms with E-state index in [0.29, 0.717) is 30.0 Å². The molecule has 2 atom stereocenters. The number of aryl methyl sites for hydroxylation is 1. The number of nitrogens with zero attached hydrogens (tertiary/aromatic N) is 2. The van der Waals surface area contributed by atoms with Crippen LogP contribution in [0.15, 0.2) is 27.5 Å². The minimum absolute atomic E-state index is 0.0977. The van der Waals surface area contributed by atoms with Crippen LogP contribution in [0.5, 0.6) is 0 Å². The molecule has 1 aromatic heterocycles. The molecular weight excluding hydrogens is 472 g/mol. The summed E-state index contributed by atoms with van der Waals surface area (Å²) < 4.78 is 6.35. The fraction of sp³-hybridized carbons (Fsp3) is 0.542. The number of hydrogen-bond acceptors (Lipinski definition) is 5. The number of carbonyl (C=O) groups excluding carboxylic acids is 1. The summed E-state index contributed by atoms with van der Waals surface area (Å²) in [7, 11) is 0. The van der Waals surface area contributed by atoms with Crippen molar-refractivity contribution in [2.45, 2.75) is 84.2 Å². The van der Waals surface area contributed by atoms with Crippen molar-refractivity contribution >= 4 is 22.0 Å². The molecule has 4 rings (SSSR count). The number of benzene rings is 1. The Labute approximate surface area is 197 Å². The zero-order valence-electron chi connectivity index (χ0n) is 19.3. The SMILES string of the molecule is Cc1ccc(Br)cc1-c1nc(CN2C3CC(NC(=O)OC(C)(C)C)CC2C3)[nH]c(=O)c1C. The number of H-pyrrole nitrogens is 1. The van der Waals surface area contributed by atoms with E-state index in [2.05, 4.69) is 31.1 Å². The number of aromatic nitrogens is 2. The Kier molecular flexibility index (Phi) is 6.20. The standard InChI is InChI=1S/C24H31BrN4O3/c1-13-6-7-15(25)8-19(13)21-14(2)22(30)28-20(27-21)12-29-17-9-16(10-18(29)11-17)26-23(31)32-24(3,4)5/h6-8,16-18H,9-12H2,1-5H3,(H,26,31)(H,27,28,30). The average molecular weight is 503 g/mol. The summed E-state index contributed by atoms with van der Waals surface area (Å²) in [6, 6.07) is 6.89. The minimum atomic E-state index is -0.499. The molecule has 8 heteroatoms. The molecule has 1 amide bonds. The minimum Gasteiger partial charge on any atom is -0.444 e. The molecule has 2 saturated heterocycles. The van der Waals surface area contributed by atoms with E-state index in [0.717, 1.165) is 40.6 Å². The van der Waals surface area contributed by atoms with Crippen LogP contribution in [0.1, 0.15) is 57.0 Å². The first-order chi connectivity index (χ1) is 15.0. The highest BCUT2D eigenvalue weighted by molar-refractivity contribution is 9.10. The number of nitrogens with one attached hydrogen (secondary N) is 2. The van der Waals surface area contributed by atoms with E-state index < -0.39 is 5.60 Å². The van der Waals surface area contributed by atoms with Gasteiger partial charge in [-0.05, 0) is 71.6 Å². The van der Waals surface area contributed by atoms with Crippen LogP contribution in [0.25, 0.3) is 11.3 Å². The molecule has 1 aromatic carbocycles. The summed E-state index contributed by atoms with van der Waals surface area (Å²) in [5.41, 5.74) is 2.81. The monoisotopic (exact) mass is 502 g/mol. The Morgan fingerprint density at radius 3 is 2.59 bits per heavy atom. The van der Waals surface area contributed by atoms with E-state index in [1.165, 1.54) is 0 Å². The molecule has 172 valence electrons. The highest BCUT2D eigenvalue weighted by atomic mass is 79.9. The number of rotatable bonds is 4. The second kappa shape index (κ2) is 8.63. The topological polar surface area (TPSA) is 87.3 Å². The van der Waals surface area contributed by atoms with Gasteiger partial charge >= 0.3 is 6.09 Å². The van der Waals surface area contributed by atoms with Crippen LogP contribution in [-0.4, -0.2) is 44.7 Å². The van der Waals surface area contributed by atoms with Gasteiger partial charge < -0.3 is 15.0 Å². The van der Waals surface area contributed by atoms with Gasteiger partial charge in [0.05, 0.1) is 12.2 Å². The van der Waals surface area contributed by atoms with Gasteiger partial charge in [-0.1, -0.05) is 22.0 Å². The van der Waals surface area contributed by atoms with Gasteiger partial charge in [-0.2, -0.15) is 0 Å². The van der Waals surface area contributed by atoms with E-state index in [4.69, 9.17) is 9.72 Å².